The van der Waals surface area contributed by atoms with Crippen molar-refractivity contribution in [3.05, 3.63) is 65.8 Å². The van der Waals surface area contributed by atoms with Crippen molar-refractivity contribution in [2.75, 3.05) is 13.6 Å². The molecule has 5 rings (SSSR count). The summed E-state index contributed by atoms with van der Waals surface area (Å²) in [6.07, 6.45) is 5.71. The maximum atomic E-state index is 12.9. The van der Waals surface area contributed by atoms with Crippen LogP contribution in [-0.4, -0.2) is 34.2 Å². The van der Waals surface area contributed by atoms with E-state index in [1.54, 1.807) is 6.20 Å². The van der Waals surface area contributed by atoms with Crippen LogP contribution in [0.5, 0.6) is 0 Å². The molecule has 1 aliphatic heterocycles. The molecule has 4 heteroatoms. The zero-order valence-electron chi connectivity index (χ0n) is 12.6. The molecule has 0 unspecified atom stereocenters. The summed E-state index contributed by atoms with van der Waals surface area (Å²) >= 11 is 0. The van der Waals surface area contributed by atoms with Crippen LogP contribution >= 0.6 is 0 Å². The molecule has 2 aliphatic rings. The van der Waals surface area contributed by atoms with Crippen LogP contribution in [0.25, 0.3) is 27.2 Å². The minimum Gasteiger partial charge on any atom is -0.376 e. The molecule has 1 aliphatic carbocycles. The number of aromatic nitrogens is 2. The van der Waals surface area contributed by atoms with E-state index in [4.69, 9.17) is 4.98 Å². The van der Waals surface area contributed by atoms with E-state index in [2.05, 4.69) is 4.98 Å². The summed E-state index contributed by atoms with van der Waals surface area (Å²) in [4.78, 5) is 24.1. The second-order valence-corrected chi connectivity index (χ2v) is 6.01. The lowest BCUT2D eigenvalue weighted by Gasteiger charge is -2.27. The topological polar surface area (TPSA) is 46.1 Å². The number of hydrogen-bond donors (Lipinski definition) is 0. The number of rotatable bonds is 0. The van der Waals surface area contributed by atoms with E-state index >= 15 is 0 Å². The van der Waals surface area contributed by atoms with Gasteiger partial charge >= 0.3 is 0 Å². The summed E-state index contributed by atoms with van der Waals surface area (Å²) in [5.74, 6) is 0.0198. The van der Waals surface area contributed by atoms with Crippen molar-refractivity contribution in [1.29, 1.82) is 0 Å². The first-order valence-corrected chi connectivity index (χ1v) is 7.58. The molecule has 0 bridgehead atoms. The zero-order chi connectivity index (χ0) is 15.6. The van der Waals surface area contributed by atoms with Crippen LogP contribution in [0.4, 0.5) is 0 Å². The number of carbonyl (C=O) groups excluding carboxylic acids is 1. The SMILES string of the molecule is CN1C=CC2=C(C1)C(=O)c1nccc3c1c2nc1ccccc13. The Kier molecular flexibility index (Phi) is 2.32. The normalized spacial score (nSPS) is 16.4. The van der Waals surface area contributed by atoms with Crippen LogP contribution in [0, 0.1) is 0 Å². The predicted octanol–water partition coefficient (Wildman–Crippen LogP) is 3.19. The molecule has 23 heavy (non-hydrogen) atoms. The number of nitrogens with zero attached hydrogens (tertiary/aromatic N) is 3. The summed E-state index contributed by atoms with van der Waals surface area (Å²) < 4.78 is 0. The molecule has 3 heterocycles. The van der Waals surface area contributed by atoms with Gasteiger partial charge in [0.25, 0.3) is 0 Å². The van der Waals surface area contributed by atoms with Gasteiger partial charge in [-0.15, -0.1) is 0 Å². The molecule has 0 saturated heterocycles. The summed E-state index contributed by atoms with van der Waals surface area (Å²) in [6.45, 7) is 0.594. The zero-order valence-corrected chi connectivity index (χ0v) is 12.6. The van der Waals surface area contributed by atoms with Crippen molar-refractivity contribution in [2.45, 2.75) is 0 Å². The third kappa shape index (κ3) is 1.58. The Morgan fingerprint density at radius 3 is 2.87 bits per heavy atom. The Morgan fingerprint density at radius 1 is 1.09 bits per heavy atom. The van der Waals surface area contributed by atoms with Gasteiger partial charge in [-0.3, -0.25) is 9.78 Å². The predicted molar refractivity (Wildman–Crippen MR) is 90.1 cm³/mol. The van der Waals surface area contributed by atoms with Crippen LogP contribution in [0.2, 0.25) is 0 Å². The fraction of sp³-hybridized carbons (Fsp3) is 0.105. The molecular weight excluding hydrogens is 286 g/mol. The van der Waals surface area contributed by atoms with E-state index in [-0.39, 0.29) is 5.78 Å². The maximum Gasteiger partial charge on any atom is 0.210 e. The number of likely N-dealkylation sites (N-methyl/N-ethyl adjacent to an activating group) is 1. The first kappa shape index (κ1) is 12.5. The van der Waals surface area contributed by atoms with Gasteiger partial charge in [-0.1, -0.05) is 18.2 Å². The second kappa shape index (κ2) is 4.26. The molecular formula is C19H13N3O. The van der Waals surface area contributed by atoms with Gasteiger partial charge in [-0.25, -0.2) is 4.98 Å². The highest BCUT2D eigenvalue weighted by Crippen LogP contribution is 2.39. The van der Waals surface area contributed by atoms with E-state index in [0.717, 1.165) is 38.5 Å². The molecule has 0 atom stereocenters. The molecule has 110 valence electrons. The molecule has 3 aromatic rings. The number of fused-ring (bicyclic) bond motifs is 3. The van der Waals surface area contributed by atoms with E-state index in [1.165, 1.54) is 0 Å². The number of Topliss-reactive ketones (excluding diaryl/α,β-unsaturated/α-hetero) is 1. The van der Waals surface area contributed by atoms with Gasteiger partial charge in [0.2, 0.25) is 5.78 Å². The van der Waals surface area contributed by atoms with Crippen LogP contribution in [-0.2, 0) is 0 Å². The Morgan fingerprint density at radius 2 is 1.96 bits per heavy atom. The number of hydrogen-bond acceptors (Lipinski definition) is 4. The number of benzene rings is 1. The number of allylic oxidation sites excluding steroid dienone is 2. The third-order valence-corrected chi connectivity index (χ3v) is 4.59. The van der Waals surface area contributed by atoms with Crippen molar-refractivity contribution >= 4 is 33.0 Å². The first-order chi connectivity index (χ1) is 11.2. The lowest BCUT2D eigenvalue weighted by atomic mass is 9.86. The van der Waals surface area contributed by atoms with Gasteiger partial charge in [0.1, 0.15) is 5.69 Å². The van der Waals surface area contributed by atoms with Crippen molar-refractivity contribution in [3.63, 3.8) is 0 Å². The molecule has 0 amide bonds. The Labute approximate surface area is 132 Å². The number of carbonyl (C=O) groups is 1. The van der Waals surface area contributed by atoms with Gasteiger partial charge < -0.3 is 4.90 Å². The lowest BCUT2D eigenvalue weighted by molar-refractivity contribution is 0.102. The molecule has 0 N–H and O–H groups in total. The summed E-state index contributed by atoms with van der Waals surface area (Å²) in [6, 6.07) is 10.0. The minimum atomic E-state index is 0.0198. The first-order valence-electron chi connectivity index (χ1n) is 7.58. The van der Waals surface area contributed by atoms with Gasteiger partial charge in [-0.05, 0) is 29.8 Å². The number of para-hydroxylation sites is 1. The Hall–Kier alpha value is -3.01. The van der Waals surface area contributed by atoms with Gasteiger partial charge in [0, 0.05) is 41.7 Å². The quantitative estimate of drug-likeness (QED) is 0.598. The largest absolute Gasteiger partial charge is 0.376 e. The molecule has 0 saturated carbocycles. The maximum absolute atomic E-state index is 12.9. The van der Waals surface area contributed by atoms with Gasteiger partial charge in [-0.2, -0.15) is 0 Å². The molecule has 0 radical (unpaired) electrons. The highest BCUT2D eigenvalue weighted by atomic mass is 16.1. The number of pyridine rings is 2. The summed E-state index contributed by atoms with van der Waals surface area (Å²) in [7, 11) is 1.96. The molecule has 0 fully saturated rings. The average molecular weight is 299 g/mol. The van der Waals surface area contributed by atoms with Gasteiger partial charge in [0.15, 0.2) is 0 Å². The molecule has 4 nitrogen and oxygen atoms in total. The fourth-order valence-electron chi connectivity index (χ4n) is 3.52. The van der Waals surface area contributed by atoms with E-state index in [1.807, 2.05) is 54.6 Å². The molecule has 0 spiro atoms. The van der Waals surface area contributed by atoms with Crippen LogP contribution in [0.3, 0.4) is 0 Å². The summed E-state index contributed by atoms with van der Waals surface area (Å²) in [5, 5.41) is 2.98. The smallest absolute Gasteiger partial charge is 0.210 e. The van der Waals surface area contributed by atoms with Crippen LogP contribution in [0.1, 0.15) is 16.2 Å². The second-order valence-electron chi connectivity index (χ2n) is 6.01. The Bertz CT molecular complexity index is 1080. The van der Waals surface area contributed by atoms with Crippen molar-refractivity contribution in [3.8, 4) is 0 Å². The van der Waals surface area contributed by atoms with Crippen LogP contribution < -0.4 is 0 Å². The summed E-state index contributed by atoms with van der Waals surface area (Å²) in [5.41, 5.74) is 4.06. The highest BCUT2D eigenvalue weighted by molar-refractivity contribution is 6.27. The van der Waals surface area contributed by atoms with E-state index < -0.39 is 0 Å². The standard InChI is InChI=1S/C19H13N3O/c1-22-9-7-13-14(10-22)19(23)18-16-12(6-8-20-18)11-4-2-3-5-15(11)21-17(13)16/h2-9H,10H2,1H3. The monoisotopic (exact) mass is 299 g/mol. The van der Waals surface area contributed by atoms with Crippen molar-refractivity contribution in [2.24, 2.45) is 0 Å². The average Bonchev–Trinajstić information content (AvgIpc) is 2.59. The third-order valence-electron chi connectivity index (χ3n) is 4.59. The minimum absolute atomic E-state index is 0.0198. The Balaban J connectivity index is 1.99. The van der Waals surface area contributed by atoms with E-state index in [0.29, 0.717) is 12.2 Å². The fourth-order valence-corrected chi connectivity index (χ4v) is 3.52. The molecule has 2 aromatic heterocycles. The van der Waals surface area contributed by atoms with Crippen molar-refractivity contribution < 1.29 is 4.79 Å². The van der Waals surface area contributed by atoms with Crippen molar-refractivity contribution in [1.82, 2.24) is 14.9 Å². The van der Waals surface area contributed by atoms with Gasteiger partial charge in [0.05, 0.1) is 11.2 Å². The van der Waals surface area contributed by atoms with E-state index in [9.17, 15) is 4.79 Å². The lowest BCUT2D eigenvalue weighted by Crippen LogP contribution is -2.26. The van der Waals surface area contributed by atoms with Crippen LogP contribution in [0.15, 0.2) is 54.4 Å². The number of ketones is 1. The highest BCUT2D eigenvalue weighted by Gasteiger charge is 2.31. The molecule has 1 aromatic carbocycles.